The Kier molecular flexibility index (Phi) is 8.61. The maximum Gasteiger partial charge on any atom is 0.310 e. The van der Waals surface area contributed by atoms with Gasteiger partial charge in [0.05, 0.1) is 24.0 Å². The van der Waals surface area contributed by atoms with E-state index in [0.29, 0.717) is 57.3 Å². The Bertz CT molecular complexity index is 1450. The molecule has 0 bridgehead atoms. The number of anilines is 1. The number of halogens is 1. The van der Waals surface area contributed by atoms with E-state index in [9.17, 15) is 19.6 Å². The number of aromatic nitrogens is 1. The van der Waals surface area contributed by atoms with Crippen LogP contribution in [0, 0.1) is 24.2 Å². The molecule has 38 heavy (non-hydrogen) atoms. The number of amides is 1. The van der Waals surface area contributed by atoms with Crippen molar-refractivity contribution in [3.63, 3.8) is 0 Å². The van der Waals surface area contributed by atoms with Crippen molar-refractivity contribution in [2.45, 2.75) is 33.2 Å². The van der Waals surface area contributed by atoms with Crippen molar-refractivity contribution in [3.05, 3.63) is 66.8 Å². The first-order chi connectivity index (χ1) is 18.2. The second-order valence-electron chi connectivity index (χ2n) is 9.11. The summed E-state index contributed by atoms with van der Waals surface area (Å²) in [7, 11) is 1.60. The molecule has 0 N–H and O–H groups in total. The van der Waals surface area contributed by atoms with Crippen molar-refractivity contribution in [1.29, 1.82) is 5.26 Å². The van der Waals surface area contributed by atoms with Gasteiger partial charge in [-0.15, -0.1) is 0 Å². The number of nitrogens with zero attached hydrogens (tertiary/aromatic N) is 4. The number of hydrogen-bond acceptors (Lipinski definition) is 8. The number of esters is 1. The zero-order valence-electron chi connectivity index (χ0n) is 21.3. The van der Waals surface area contributed by atoms with Crippen LogP contribution in [0.2, 0.25) is 5.02 Å². The number of carbonyl (C=O) groups excluding carboxylic acids is 2. The minimum atomic E-state index is -0.429. The number of ether oxygens (including phenoxy) is 1. The fourth-order valence-corrected chi connectivity index (χ4v) is 6.21. The van der Waals surface area contributed by atoms with Crippen LogP contribution in [0.5, 0.6) is 0 Å². The molecule has 2 aromatic rings. The van der Waals surface area contributed by atoms with Gasteiger partial charge >= 0.3 is 5.97 Å². The van der Waals surface area contributed by atoms with Crippen molar-refractivity contribution in [1.82, 2.24) is 9.47 Å². The van der Waals surface area contributed by atoms with Gasteiger partial charge in [0.25, 0.3) is 11.5 Å². The fourth-order valence-electron chi connectivity index (χ4n) is 4.78. The third-order valence-corrected chi connectivity index (χ3v) is 8.49. The lowest BCUT2D eigenvalue weighted by Crippen LogP contribution is -2.42. The number of nitriles is 1. The molecule has 1 atom stereocenters. The molecule has 1 unspecified atom stereocenters. The lowest BCUT2D eigenvalue weighted by molar-refractivity contribution is -0.148. The largest absolute Gasteiger partial charge is 0.466 e. The Balaban J connectivity index is 1.76. The van der Waals surface area contributed by atoms with Crippen molar-refractivity contribution in [3.8, 4) is 6.07 Å². The molecule has 2 aliphatic heterocycles. The van der Waals surface area contributed by atoms with Crippen LogP contribution >= 0.6 is 35.6 Å². The van der Waals surface area contributed by atoms with E-state index in [-0.39, 0.29) is 29.9 Å². The van der Waals surface area contributed by atoms with Gasteiger partial charge in [-0.3, -0.25) is 23.9 Å². The van der Waals surface area contributed by atoms with Crippen molar-refractivity contribution < 1.29 is 14.3 Å². The highest BCUT2D eigenvalue weighted by atomic mass is 35.5. The standard InChI is InChI=1S/C27H27ClN4O4S2/c1-4-36-26(35)18-9-7-11-31(14-18)23-19(16(2)20(13-29)24(33)30(23)3)12-22-25(34)32(27(37)38-22)15-17-8-5-6-10-21(17)28/h5-6,8,10,12,18H,4,7,9,11,14-15H2,1-3H3/b22-12+. The molecule has 1 aromatic carbocycles. The van der Waals surface area contributed by atoms with Gasteiger partial charge in [-0.1, -0.05) is 53.8 Å². The summed E-state index contributed by atoms with van der Waals surface area (Å²) in [6.07, 6.45) is 3.12. The quantitative estimate of drug-likeness (QED) is 0.286. The summed E-state index contributed by atoms with van der Waals surface area (Å²) in [6, 6.07) is 9.28. The number of rotatable bonds is 6. The van der Waals surface area contributed by atoms with E-state index in [1.165, 1.54) is 9.47 Å². The van der Waals surface area contributed by atoms with Gasteiger partial charge in [0.2, 0.25) is 0 Å². The average Bonchev–Trinajstić information content (AvgIpc) is 3.16. The van der Waals surface area contributed by atoms with E-state index < -0.39 is 5.56 Å². The van der Waals surface area contributed by atoms with Crippen LogP contribution in [-0.4, -0.2) is 45.4 Å². The van der Waals surface area contributed by atoms with E-state index in [1.807, 2.05) is 29.2 Å². The van der Waals surface area contributed by atoms with Crippen LogP contribution in [-0.2, 0) is 27.9 Å². The van der Waals surface area contributed by atoms with Crippen LogP contribution in [0.3, 0.4) is 0 Å². The second kappa shape index (κ2) is 11.7. The Hall–Kier alpha value is -3.13. The Morgan fingerprint density at radius 1 is 1.34 bits per heavy atom. The number of thioether (sulfide) groups is 1. The number of piperidine rings is 1. The molecule has 1 amide bonds. The predicted octanol–water partition coefficient (Wildman–Crippen LogP) is 4.40. The van der Waals surface area contributed by atoms with Gasteiger partial charge in [0.15, 0.2) is 0 Å². The normalized spacial score (nSPS) is 18.7. The van der Waals surface area contributed by atoms with Crippen LogP contribution < -0.4 is 10.5 Å². The molecule has 0 spiro atoms. The smallest absolute Gasteiger partial charge is 0.310 e. The fraction of sp³-hybridized carbons (Fsp3) is 0.370. The molecule has 198 valence electrons. The zero-order chi connectivity index (χ0) is 27.6. The van der Waals surface area contributed by atoms with E-state index in [4.69, 9.17) is 28.6 Å². The van der Waals surface area contributed by atoms with Gasteiger partial charge in [-0.2, -0.15) is 5.26 Å². The topological polar surface area (TPSA) is 95.6 Å². The number of thiocarbonyl (C=S) groups is 1. The van der Waals surface area contributed by atoms with Crippen LogP contribution in [0.4, 0.5) is 5.82 Å². The SMILES string of the molecule is CCOC(=O)C1CCCN(c2c(/C=C3/SC(=S)N(Cc4ccccc4Cl)C3=O)c(C)c(C#N)c(=O)n2C)C1. The maximum absolute atomic E-state index is 13.5. The van der Waals surface area contributed by atoms with Gasteiger partial charge in [0, 0.05) is 30.7 Å². The molecule has 2 saturated heterocycles. The summed E-state index contributed by atoms with van der Waals surface area (Å²) in [4.78, 5) is 42.9. The predicted molar refractivity (Wildman–Crippen MR) is 153 cm³/mol. The van der Waals surface area contributed by atoms with Crippen molar-refractivity contribution in [2.75, 3.05) is 24.6 Å². The summed E-state index contributed by atoms with van der Waals surface area (Å²) in [5.41, 5.74) is 1.40. The van der Waals surface area contributed by atoms with Crippen LogP contribution in [0.15, 0.2) is 34.0 Å². The lowest BCUT2D eigenvalue weighted by Gasteiger charge is -2.35. The van der Waals surface area contributed by atoms with E-state index >= 15 is 0 Å². The van der Waals surface area contributed by atoms with Gasteiger partial charge < -0.3 is 9.64 Å². The molecule has 0 radical (unpaired) electrons. The van der Waals surface area contributed by atoms with Crippen molar-refractivity contribution >= 4 is 63.7 Å². The summed E-state index contributed by atoms with van der Waals surface area (Å²) < 4.78 is 7.07. The van der Waals surface area contributed by atoms with Crippen molar-refractivity contribution in [2.24, 2.45) is 13.0 Å². The Morgan fingerprint density at radius 2 is 2.08 bits per heavy atom. The third-order valence-electron chi connectivity index (χ3n) is 6.74. The lowest BCUT2D eigenvalue weighted by atomic mass is 9.96. The number of benzene rings is 1. The number of pyridine rings is 1. The van der Waals surface area contributed by atoms with E-state index in [0.717, 1.165) is 23.7 Å². The summed E-state index contributed by atoms with van der Waals surface area (Å²) in [5.74, 6) is -0.330. The minimum Gasteiger partial charge on any atom is -0.466 e. The molecular formula is C27H27ClN4O4S2. The number of hydrogen-bond donors (Lipinski definition) is 0. The summed E-state index contributed by atoms with van der Waals surface area (Å²) >= 11 is 13.0. The minimum absolute atomic E-state index is 0.00741. The molecule has 4 rings (SSSR count). The molecular weight excluding hydrogens is 544 g/mol. The van der Waals surface area contributed by atoms with Gasteiger partial charge in [-0.05, 0) is 50.0 Å². The summed E-state index contributed by atoms with van der Waals surface area (Å²) in [6.45, 7) is 4.98. The Morgan fingerprint density at radius 3 is 2.76 bits per heavy atom. The molecule has 2 aliphatic rings. The van der Waals surface area contributed by atoms with E-state index in [1.54, 1.807) is 33.0 Å². The van der Waals surface area contributed by atoms with Gasteiger partial charge in [0.1, 0.15) is 21.8 Å². The highest BCUT2D eigenvalue weighted by Crippen LogP contribution is 2.37. The third kappa shape index (κ3) is 5.37. The maximum atomic E-state index is 13.5. The molecule has 8 nitrogen and oxygen atoms in total. The highest BCUT2D eigenvalue weighted by Gasteiger charge is 2.35. The first-order valence-corrected chi connectivity index (χ1v) is 13.8. The van der Waals surface area contributed by atoms with Gasteiger partial charge in [-0.25, -0.2) is 0 Å². The molecule has 11 heteroatoms. The summed E-state index contributed by atoms with van der Waals surface area (Å²) in [5, 5.41) is 10.3. The molecule has 1 aromatic heterocycles. The second-order valence-corrected chi connectivity index (χ2v) is 11.2. The zero-order valence-corrected chi connectivity index (χ0v) is 23.7. The first-order valence-electron chi connectivity index (χ1n) is 12.2. The molecule has 3 heterocycles. The highest BCUT2D eigenvalue weighted by molar-refractivity contribution is 8.26. The van der Waals surface area contributed by atoms with Crippen LogP contribution in [0.25, 0.3) is 6.08 Å². The molecule has 0 saturated carbocycles. The first kappa shape index (κ1) is 27.9. The molecule has 2 fully saturated rings. The molecule has 0 aliphatic carbocycles. The average molecular weight is 571 g/mol. The number of carbonyl (C=O) groups is 2. The van der Waals surface area contributed by atoms with Crippen LogP contribution in [0.1, 0.15) is 42.0 Å². The van der Waals surface area contributed by atoms with E-state index in [2.05, 4.69) is 0 Å². The Labute approximate surface area is 235 Å². The monoisotopic (exact) mass is 570 g/mol.